The molecule has 1 aromatic rings. The van der Waals surface area contributed by atoms with Gasteiger partial charge >= 0.3 is 0 Å². The van der Waals surface area contributed by atoms with Crippen molar-refractivity contribution in [3.8, 4) is 5.75 Å². The Bertz CT molecular complexity index is 421. The molecule has 0 aromatic heterocycles. The molecular formula is C16H24BrNOS. The van der Waals surface area contributed by atoms with Crippen LogP contribution in [-0.2, 0) is 6.42 Å². The van der Waals surface area contributed by atoms with Gasteiger partial charge in [0.05, 0.1) is 11.6 Å². The van der Waals surface area contributed by atoms with E-state index >= 15 is 0 Å². The van der Waals surface area contributed by atoms with Crippen LogP contribution in [-0.4, -0.2) is 31.2 Å². The van der Waals surface area contributed by atoms with E-state index in [2.05, 4.69) is 58.1 Å². The van der Waals surface area contributed by atoms with Crippen molar-refractivity contribution in [2.24, 2.45) is 5.92 Å². The molecule has 0 bridgehead atoms. The molecule has 1 fully saturated rings. The Morgan fingerprint density at radius 1 is 1.50 bits per heavy atom. The van der Waals surface area contributed by atoms with Crippen LogP contribution in [0.1, 0.15) is 25.3 Å². The monoisotopic (exact) mass is 357 g/mol. The summed E-state index contributed by atoms with van der Waals surface area (Å²) in [7, 11) is 1.71. The summed E-state index contributed by atoms with van der Waals surface area (Å²) in [5.41, 5.74) is 1.38. The molecule has 20 heavy (non-hydrogen) atoms. The summed E-state index contributed by atoms with van der Waals surface area (Å²) >= 11 is 5.68. The zero-order valence-corrected chi connectivity index (χ0v) is 14.7. The summed E-state index contributed by atoms with van der Waals surface area (Å²) in [6.45, 7) is 3.35. The zero-order valence-electron chi connectivity index (χ0n) is 12.3. The van der Waals surface area contributed by atoms with Crippen molar-refractivity contribution < 1.29 is 4.74 Å². The third kappa shape index (κ3) is 4.40. The Kier molecular flexibility index (Phi) is 6.72. The van der Waals surface area contributed by atoms with Gasteiger partial charge in [0.15, 0.2) is 0 Å². The second-order valence-electron chi connectivity index (χ2n) is 5.36. The second-order valence-corrected chi connectivity index (χ2v) is 7.36. The Balaban J connectivity index is 2.04. The highest BCUT2D eigenvalue weighted by molar-refractivity contribution is 9.10. The lowest BCUT2D eigenvalue weighted by Crippen LogP contribution is -2.38. The van der Waals surface area contributed by atoms with Gasteiger partial charge in [0, 0.05) is 6.04 Å². The van der Waals surface area contributed by atoms with E-state index in [1.165, 1.54) is 29.9 Å². The molecule has 112 valence electrons. The maximum Gasteiger partial charge on any atom is 0.133 e. The number of ether oxygens (including phenoxy) is 1. The van der Waals surface area contributed by atoms with Gasteiger partial charge in [0.2, 0.25) is 0 Å². The molecular weight excluding hydrogens is 334 g/mol. The number of rotatable bonds is 7. The maximum atomic E-state index is 5.30. The van der Waals surface area contributed by atoms with Gasteiger partial charge in [-0.1, -0.05) is 13.0 Å². The molecule has 2 unspecified atom stereocenters. The van der Waals surface area contributed by atoms with E-state index in [9.17, 15) is 0 Å². The fraction of sp³-hybridized carbons (Fsp3) is 0.625. The molecule has 0 amide bonds. The van der Waals surface area contributed by atoms with E-state index in [-0.39, 0.29) is 0 Å². The van der Waals surface area contributed by atoms with E-state index in [1.54, 1.807) is 7.11 Å². The molecule has 0 spiro atoms. The third-order valence-electron chi connectivity index (χ3n) is 3.86. The van der Waals surface area contributed by atoms with Crippen LogP contribution in [0.5, 0.6) is 5.75 Å². The summed E-state index contributed by atoms with van der Waals surface area (Å²) in [5.74, 6) is 4.34. The molecule has 2 atom stereocenters. The van der Waals surface area contributed by atoms with Crippen molar-refractivity contribution in [1.29, 1.82) is 0 Å². The predicted octanol–water partition coefficient (Wildman–Crippen LogP) is 4.12. The molecule has 1 N–H and O–H groups in total. The summed E-state index contributed by atoms with van der Waals surface area (Å²) in [6.07, 6.45) is 3.65. The zero-order chi connectivity index (χ0) is 14.4. The molecule has 4 heteroatoms. The number of benzene rings is 1. The van der Waals surface area contributed by atoms with Gasteiger partial charge in [-0.25, -0.2) is 0 Å². The molecule has 0 aliphatic carbocycles. The maximum absolute atomic E-state index is 5.30. The molecule has 1 aliphatic rings. The van der Waals surface area contributed by atoms with Crippen LogP contribution in [0.3, 0.4) is 0 Å². The van der Waals surface area contributed by atoms with Crippen molar-refractivity contribution in [3.63, 3.8) is 0 Å². The van der Waals surface area contributed by atoms with Gasteiger partial charge in [-0.05, 0) is 76.9 Å². The van der Waals surface area contributed by atoms with Crippen LogP contribution in [0.2, 0.25) is 0 Å². The SMILES string of the molecule is CCCNC(Cc1ccc(OC)c(Br)c1)C1CCSC1. The van der Waals surface area contributed by atoms with Crippen molar-refractivity contribution in [2.75, 3.05) is 25.2 Å². The Morgan fingerprint density at radius 2 is 2.35 bits per heavy atom. The average Bonchev–Trinajstić information content (AvgIpc) is 2.97. The lowest BCUT2D eigenvalue weighted by atomic mass is 9.93. The Hall–Kier alpha value is -0.190. The van der Waals surface area contributed by atoms with Crippen LogP contribution < -0.4 is 10.1 Å². The van der Waals surface area contributed by atoms with E-state index in [0.29, 0.717) is 6.04 Å². The lowest BCUT2D eigenvalue weighted by Gasteiger charge is -2.24. The molecule has 1 saturated heterocycles. The number of methoxy groups -OCH3 is 1. The molecule has 2 nitrogen and oxygen atoms in total. The average molecular weight is 358 g/mol. The van der Waals surface area contributed by atoms with E-state index in [4.69, 9.17) is 4.74 Å². The fourth-order valence-corrected chi connectivity index (χ4v) is 4.62. The Morgan fingerprint density at radius 3 is 2.95 bits per heavy atom. The van der Waals surface area contributed by atoms with Crippen LogP contribution in [0.4, 0.5) is 0 Å². The molecule has 2 rings (SSSR count). The topological polar surface area (TPSA) is 21.3 Å². The number of thioether (sulfide) groups is 1. The first-order chi connectivity index (χ1) is 9.74. The highest BCUT2D eigenvalue weighted by atomic mass is 79.9. The van der Waals surface area contributed by atoms with Crippen LogP contribution in [0.25, 0.3) is 0 Å². The molecule has 0 radical (unpaired) electrons. The molecule has 1 aromatic carbocycles. The highest BCUT2D eigenvalue weighted by Crippen LogP contribution is 2.30. The Labute approximate surface area is 135 Å². The predicted molar refractivity (Wildman–Crippen MR) is 91.9 cm³/mol. The largest absolute Gasteiger partial charge is 0.496 e. The first kappa shape index (κ1) is 16.2. The second kappa shape index (κ2) is 8.30. The van der Waals surface area contributed by atoms with Gasteiger partial charge in [-0.15, -0.1) is 0 Å². The van der Waals surface area contributed by atoms with Crippen LogP contribution in [0, 0.1) is 5.92 Å². The van der Waals surface area contributed by atoms with Gasteiger partial charge < -0.3 is 10.1 Å². The van der Waals surface area contributed by atoms with Crippen LogP contribution in [0.15, 0.2) is 22.7 Å². The summed E-state index contributed by atoms with van der Waals surface area (Å²) in [5, 5.41) is 3.75. The minimum atomic E-state index is 0.602. The summed E-state index contributed by atoms with van der Waals surface area (Å²) in [6, 6.07) is 7.04. The van der Waals surface area contributed by atoms with Crippen molar-refractivity contribution >= 4 is 27.7 Å². The minimum absolute atomic E-state index is 0.602. The van der Waals surface area contributed by atoms with Crippen LogP contribution >= 0.6 is 27.7 Å². The number of hydrogen-bond donors (Lipinski definition) is 1. The summed E-state index contributed by atoms with van der Waals surface area (Å²) in [4.78, 5) is 0. The van der Waals surface area contributed by atoms with Crippen molar-refractivity contribution in [2.45, 2.75) is 32.2 Å². The van der Waals surface area contributed by atoms with Crippen molar-refractivity contribution in [1.82, 2.24) is 5.32 Å². The van der Waals surface area contributed by atoms with Gasteiger partial charge in [-0.3, -0.25) is 0 Å². The van der Waals surface area contributed by atoms with Gasteiger partial charge in [0.25, 0.3) is 0 Å². The van der Waals surface area contributed by atoms with Gasteiger partial charge in [0.1, 0.15) is 5.75 Å². The number of hydrogen-bond acceptors (Lipinski definition) is 3. The normalized spacial score (nSPS) is 20.1. The van der Waals surface area contributed by atoms with Crippen molar-refractivity contribution in [3.05, 3.63) is 28.2 Å². The summed E-state index contributed by atoms with van der Waals surface area (Å²) < 4.78 is 6.35. The highest BCUT2D eigenvalue weighted by Gasteiger charge is 2.25. The standard InChI is InChI=1S/C16H24BrNOS/c1-3-7-18-15(13-6-8-20-11-13)10-12-4-5-16(19-2)14(17)9-12/h4-5,9,13,15,18H,3,6-8,10-11H2,1-2H3. The first-order valence-electron chi connectivity index (χ1n) is 7.38. The third-order valence-corrected chi connectivity index (χ3v) is 5.67. The quantitative estimate of drug-likeness (QED) is 0.792. The van der Waals surface area contributed by atoms with E-state index in [0.717, 1.165) is 29.1 Å². The fourth-order valence-electron chi connectivity index (χ4n) is 2.70. The van der Waals surface area contributed by atoms with E-state index in [1.807, 2.05) is 0 Å². The lowest BCUT2D eigenvalue weighted by molar-refractivity contribution is 0.379. The van der Waals surface area contributed by atoms with Gasteiger partial charge in [-0.2, -0.15) is 11.8 Å². The molecule has 1 aliphatic heterocycles. The van der Waals surface area contributed by atoms with E-state index < -0.39 is 0 Å². The molecule has 0 saturated carbocycles. The number of halogens is 1. The smallest absolute Gasteiger partial charge is 0.133 e. The minimum Gasteiger partial charge on any atom is -0.496 e. The number of nitrogens with one attached hydrogen (secondary N) is 1. The first-order valence-corrected chi connectivity index (χ1v) is 9.33. The molecule has 1 heterocycles.